The van der Waals surface area contributed by atoms with Gasteiger partial charge in [-0.3, -0.25) is 0 Å². The lowest BCUT2D eigenvalue weighted by atomic mass is 10.2. The van der Waals surface area contributed by atoms with E-state index < -0.39 is 8.24 Å². The van der Waals surface area contributed by atoms with Crippen molar-refractivity contribution in [1.29, 1.82) is 0 Å². The molecule has 0 rings (SSSR count). The van der Waals surface area contributed by atoms with E-state index >= 15 is 0 Å². The highest BCUT2D eigenvalue weighted by Gasteiger charge is 2.16. The number of hydrogen-bond acceptors (Lipinski definition) is 1. The summed E-state index contributed by atoms with van der Waals surface area (Å²) in [6.07, 6.45) is 1.19. The topological polar surface area (TPSA) is 3.24 Å². The van der Waals surface area contributed by atoms with E-state index in [4.69, 9.17) is 0 Å². The monoisotopic (exact) mass is 129 g/mol. The van der Waals surface area contributed by atoms with Crippen LogP contribution in [0.1, 0.15) is 0 Å². The number of hydrogen-bond donors (Lipinski definition) is 0. The van der Waals surface area contributed by atoms with Gasteiger partial charge in [0.05, 0.1) is 0 Å². The summed E-state index contributed by atoms with van der Waals surface area (Å²) < 4.78 is 2.45. The molecular formula is C5H16BNSi. The van der Waals surface area contributed by atoms with E-state index in [1.807, 2.05) is 0 Å². The molecule has 3 heteroatoms. The molecule has 0 aromatic heterocycles. The first-order valence-electron chi connectivity index (χ1n) is 3.19. The average molecular weight is 129 g/mol. The molecule has 48 valence electrons. The quantitative estimate of drug-likeness (QED) is 0.486. The molecule has 0 heterocycles. The van der Waals surface area contributed by atoms with E-state index in [-0.39, 0.29) is 0 Å². The standard InChI is InChI=1S/C5H16BNSi/c1-7(5-6)8(2,3)4/h5-6H2,1-4H3. The van der Waals surface area contributed by atoms with Gasteiger partial charge in [-0.2, -0.15) is 0 Å². The van der Waals surface area contributed by atoms with Crippen LogP contribution >= 0.6 is 0 Å². The van der Waals surface area contributed by atoms with E-state index in [2.05, 4.69) is 39.1 Å². The van der Waals surface area contributed by atoms with Gasteiger partial charge < -0.3 is 4.57 Å². The van der Waals surface area contributed by atoms with Crippen LogP contribution in [0.15, 0.2) is 0 Å². The molecule has 0 bridgehead atoms. The van der Waals surface area contributed by atoms with Crippen molar-refractivity contribution < 1.29 is 0 Å². The summed E-state index contributed by atoms with van der Waals surface area (Å²) in [6, 6.07) is 0. The zero-order valence-corrected chi connectivity index (χ0v) is 7.65. The van der Waals surface area contributed by atoms with Gasteiger partial charge in [0.1, 0.15) is 16.1 Å². The predicted octanol–water partition coefficient (Wildman–Crippen LogP) is 0.344. The second-order valence-electron chi connectivity index (χ2n) is 3.18. The van der Waals surface area contributed by atoms with Crippen LogP contribution in [0.2, 0.25) is 19.6 Å². The third-order valence-electron chi connectivity index (χ3n) is 1.62. The molecule has 0 aliphatic carbocycles. The average Bonchev–Trinajstić information content (AvgIpc) is 1.62. The second kappa shape index (κ2) is 2.69. The predicted molar refractivity (Wildman–Crippen MR) is 44.5 cm³/mol. The van der Waals surface area contributed by atoms with Gasteiger partial charge in [-0.25, -0.2) is 0 Å². The molecule has 0 aromatic rings. The molecule has 8 heavy (non-hydrogen) atoms. The van der Waals surface area contributed by atoms with E-state index in [1.54, 1.807) is 0 Å². The summed E-state index contributed by atoms with van der Waals surface area (Å²) in [5.74, 6) is 0. The number of rotatable bonds is 2. The second-order valence-corrected chi connectivity index (χ2v) is 8.29. The first kappa shape index (κ1) is 8.24. The Morgan fingerprint density at radius 1 is 1.38 bits per heavy atom. The van der Waals surface area contributed by atoms with Crippen molar-refractivity contribution in [1.82, 2.24) is 4.57 Å². The SMILES string of the molecule is BCN(C)[Si](C)(C)C. The van der Waals surface area contributed by atoms with Gasteiger partial charge in [-0.15, -0.1) is 0 Å². The van der Waals surface area contributed by atoms with Gasteiger partial charge in [-0.1, -0.05) is 19.6 Å². The largest absolute Gasteiger partial charge is 0.334 e. The van der Waals surface area contributed by atoms with Gasteiger partial charge in [-0.05, 0) is 13.5 Å². The van der Waals surface area contributed by atoms with Crippen LogP contribution in [0.4, 0.5) is 0 Å². The van der Waals surface area contributed by atoms with Crippen LogP contribution in [-0.4, -0.2) is 34.1 Å². The van der Waals surface area contributed by atoms with Gasteiger partial charge in [0, 0.05) is 0 Å². The minimum atomic E-state index is -0.927. The highest BCUT2D eigenvalue weighted by Crippen LogP contribution is 2.03. The van der Waals surface area contributed by atoms with E-state index in [0.717, 1.165) is 0 Å². The molecule has 0 aliphatic heterocycles. The van der Waals surface area contributed by atoms with Crippen LogP contribution in [0.5, 0.6) is 0 Å². The Hall–Kier alpha value is 0.242. The van der Waals surface area contributed by atoms with E-state index in [0.29, 0.717) is 0 Å². The molecule has 0 atom stereocenters. The maximum Gasteiger partial charge on any atom is 0.118 e. The summed E-state index contributed by atoms with van der Waals surface area (Å²) >= 11 is 0. The fraction of sp³-hybridized carbons (Fsp3) is 1.00. The summed E-state index contributed by atoms with van der Waals surface area (Å²) in [4.78, 5) is 0. The van der Waals surface area contributed by atoms with Crippen molar-refractivity contribution in [3.63, 3.8) is 0 Å². The minimum Gasteiger partial charge on any atom is -0.334 e. The first-order valence-corrected chi connectivity index (χ1v) is 6.64. The Bertz CT molecular complexity index is 69.3. The Morgan fingerprint density at radius 2 is 1.75 bits per heavy atom. The summed E-state index contributed by atoms with van der Waals surface area (Å²) in [7, 11) is 3.48. The van der Waals surface area contributed by atoms with Gasteiger partial charge in [0.2, 0.25) is 0 Å². The maximum absolute atomic E-state index is 2.45. The zero-order valence-electron chi connectivity index (χ0n) is 6.65. The minimum absolute atomic E-state index is 0.927. The van der Waals surface area contributed by atoms with Crippen LogP contribution in [0.3, 0.4) is 0 Å². The number of nitrogens with zero attached hydrogens (tertiary/aromatic N) is 1. The lowest BCUT2D eigenvalue weighted by Crippen LogP contribution is -2.43. The lowest BCUT2D eigenvalue weighted by molar-refractivity contribution is 0.598. The van der Waals surface area contributed by atoms with Crippen molar-refractivity contribution >= 4 is 16.1 Å². The van der Waals surface area contributed by atoms with Crippen molar-refractivity contribution in [2.75, 3.05) is 13.5 Å². The molecule has 0 radical (unpaired) electrons. The van der Waals surface area contributed by atoms with Crippen molar-refractivity contribution in [3.05, 3.63) is 0 Å². The molecule has 0 spiro atoms. The molecule has 0 aromatic carbocycles. The molecule has 1 nitrogen and oxygen atoms in total. The summed E-state index contributed by atoms with van der Waals surface area (Å²) in [5.41, 5.74) is 0. The Balaban J connectivity index is 3.62. The molecule has 0 amide bonds. The Morgan fingerprint density at radius 3 is 1.75 bits per heavy atom. The normalized spacial score (nSPS) is 12.6. The van der Waals surface area contributed by atoms with Crippen molar-refractivity contribution in [3.8, 4) is 0 Å². The smallest absolute Gasteiger partial charge is 0.118 e. The van der Waals surface area contributed by atoms with Gasteiger partial charge in [0.15, 0.2) is 0 Å². The Labute approximate surface area is 54.6 Å². The highest BCUT2D eigenvalue weighted by atomic mass is 28.3. The molecule has 0 saturated heterocycles. The van der Waals surface area contributed by atoms with E-state index in [9.17, 15) is 0 Å². The zero-order chi connectivity index (χ0) is 6.78. The molecule has 0 fully saturated rings. The third kappa shape index (κ3) is 2.52. The summed E-state index contributed by atoms with van der Waals surface area (Å²) in [5, 5.41) is 0. The van der Waals surface area contributed by atoms with E-state index in [1.165, 1.54) is 6.44 Å². The molecule has 0 N–H and O–H groups in total. The first-order chi connectivity index (χ1) is 3.48. The maximum atomic E-state index is 2.45. The molecule has 0 aliphatic rings. The Kier molecular flexibility index (Phi) is 2.77. The molecule has 0 unspecified atom stereocenters. The summed E-state index contributed by atoms with van der Waals surface area (Å²) in [6.45, 7) is 7.07. The molecular weight excluding hydrogens is 113 g/mol. The van der Waals surface area contributed by atoms with Crippen molar-refractivity contribution in [2.24, 2.45) is 0 Å². The fourth-order valence-corrected chi connectivity index (χ4v) is 1.42. The van der Waals surface area contributed by atoms with Gasteiger partial charge >= 0.3 is 0 Å². The highest BCUT2D eigenvalue weighted by molar-refractivity contribution is 6.73. The van der Waals surface area contributed by atoms with Crippen LogP contribution in [0, 0.1) is 0 Å². The lowest BCUT2D eigenvalue weighted by Gasteiger charge is -2.28. The van der Waals surface area contributed by atoms with Crippen LogP contribution in [0.25, 0.3) is 0 Å². The van der Waals surface area contributed by atoms with Gasteiger partial charge in [0.25, 0.3) is 0 Å². The fourth-order valence-electron chi connectivity index (χ4n) is 0.474. The third-order valence-corrected chi connectivity index (χ3v) is 4.23. The van der Waals surface area contributed by atoms with Crippen LogP contribution < -0.4 is 0 Å². The van der Waals surface area contributed by atoms with Crippen LogP contribution in [-0.2, 0) is 0 Å². The van der Waals surface area contributed by atoms with Crippen molar-refractivity contribution in [2.45, 2.75) is 19.6 Å². The molecule has 0 saturated carbocycles.